The highest BCUT2D eigenvalue weighted by Gasteiger charge is 2.17. The Morgan fingerprint density at radius 3 is 2.58 bits per heavy atom. The van der Waals surface area contributed by atoms with Gasteiger partial charge in [-0.25, -0.2) is 9.48 Å². The third-order valence-corrected chi connectivity index (χ3v) is 2.83. The van der Waals surface area contributed by atoms with Crippen LogP contribution in [0.1, 0.15) is 17.3 Å². The first kappa shape index (κ1) is 13.7. The van der Waals surface area contributed by atoms with E-state index in [0.29, 0.717) is 15.7 Å². The first-order valence-corrected chi connectivity index (χ1v) is 6.25. The highest BCUT2D eigenvalue weighted by Crippen LogP contribution is 2.24. The third-order valence-electron chi connectivity index (χ3n) is 2.39. The van der Waals surface area contributed by atoms with Crippen LogP contribution in [0.4, 0.5) is 5.82 Å². The number of aromatic nitrogens is 2. The van der Waals surface area contributed by atoms with E-state index in [0.717, 1.165) is 0 Å². The van der Waals surface area contributed by atoms with Gasteiger partial charge in [-0.15, -0.1) is 0 Å². The lowest BCUT2D eigenvalue weighted by Crippen LogP contribution is -2.08. The van der Waals surface area contributed by atoms with E-state index in [-0.39, 0.29) is 18.0 Å². The summed E-state index contributed by atoms with van der Waals surface area (Å²) in [5.41, 5.74) is 6.66. The molecule has 0 saturated carbocycles. The van der Waals surface area contributed by atoms with E-state index >= 15 is 0 Å². The number of hydrogen-bond donors (Lipinski definition) is 1. The molecule has 0 fully saturated rings. The molecule has 2 rings (SSSR count). The topological polar surface area (TPSA) is 70.1 Å². The van der Waals surface area contributed by atoms with E-state index in [1.807, 2.05) is 0 Å². The number of carbonyl (C=O) groups excluding carboxylic acids is 1. The number of anilines is 1. The summed E-state index contributed by atoms with van der Waals surface area (Å²) >= 11 is 11.8. The number of halogens is 2. The van der Waals surface area contributed by atoms with Crippen LogP contribution in [0.2, 0.25) is 10.0 Å². The van der Waals surface area contributed by atoms with Gasteiger partial charge in [0.2, 0.25) is 0 Å². The van der Waals surface area contributed by atoms with Gasteiger partial charge in [-0.05, 0) is 25.1 Å². The van der Waals surface area contributed by atoms with Crippen molar-refractivity contribution < 1.29 is 9.53 Å². The van der Waals surface area contributed by atoms with E-state index in [4.69, 9.17) is 33.7 Å². The SMILES string of the molecule is CCOC(=O)c1cnn(-c2cc(Cl)cc(Cl)c2)c1N. The summed E-state index contributed by atoms with van der Waals surface area (Å²) in [4.78, 5) is 11.6. The molecule has 2 aromatic rings. The van der Waals surface area contributed by atoms with Crippen LogP contribution in [0.5, 0.6) is 0 Å². The van der Waals surface area contributed by atoms with Crippen LogP contribution >= 0.6 is 23.2 Å². The monoisotopic (exact) mass is 299 g/mol. The number of hydrogen-bond acceptors (Lipinski definition) is 4. The van der Waals surface area contributed by atoms with Gasteiger partial charge >= 0.3 is 5.97 Å². The molecule has 100 valence electrons. The highest BCUT2D eigenvalue weighted by molar-refractivity contribution is 6.34. The molecule has 7 heteroatoms. The van der Waals surface area contributed by atoms with Crippen molar-refractivity contribution >= 4 is 35.0 Å². The van der Waals surface area contributed by atoms with E-state index in [1.54, 1.807) is 25.1 Å². The minimum absolute atomic E-state index is 0.178. The number of nitrogen functional groups attached to an aromatic ring is 1. The Kier molecular flexibility index (Phi) is 3.97. The zero-order chi connectivity index (χ0) is 14.0. The van der Waals surface area contributed by atoms with Crippen molar-refractivity contribution in [2.24, 2.45) is 0 Å². The molecule has 0 atom stereocenters. The predicted molar refractivity (Wildman–Crippen MR) is 74.0 cm³/mol. The van der Waals surface area contributed by atoms with Gasteiger partial charge in [0.15, 0.2) is 0 Å². The fourth-order valence-corrected chi connectivity index (χ4v) is 2.11. The molecule has 0 radical (unpaired) electrons. The molecule has 1 heterocycles. The summed E-state index contributed by atoms with van der Waals surface area (Å²) in [5, 5.41) is 4.95. The molecule has 0 aliphatic carbocycles. The Morgan fingerprint density at radius 2 is 2.00 bits per heavy atom. The molecule has 0 bridgehead atoms. The molecule has 0 spiro atoms. The van der Waals surface area contributed by atoms with Gasteiger partial charge in [0.25, 0.3) is 0 Å². The van der Waals surface area contributed by atoms with Gasteiger partial charge < -0.3 is 10.5 Å². The van der Waals surface area contributed by atoms with Crippen LogP contribution in [-0.4, -0.2) is 22.4 Å². The molecule has 0 aliphatic heterocycles. The first-order chi connectivity index (χ1) is 9.02. The molecule has 1 aromatic carbocycles. The number of nitrogens with zero attached hydrogens (tertiary/aromatic N) is 2. The maximum Gasteiger partial charge on any atom is 0.343 e. The summed E-state index contributed by atoms with van der Waals surface area (Å²) in [7, 11) is 0. The molecule has 0 saturated heterocycles. The van der Waals surface area contributed by atoms with Crippen molar-refractivity contribution in [3.05, 3.63) is 40.0 Å². The second-order valence-corrected chi connectivity index (χ2v) is 4.58. The van der Waals surface area contributed by atoms with Crippen LogP contribution < -0.4 is 5.73 Å². The first-order valence-electron chi connectivity index (χ1n) is 5.50. The van der Waals surface area contributed by atoms with Crippen molar-refractivity contribution in [2.75, 3.05) is 12.3 Å². The summed E-state index contributed by atoms with van der Waals surface area (Å²) in [6, 6.07) is 4.88. The molecule has 1 aromatic heterocycles. The van der Waals surface area contributed by atoms with Gasteiger partial charge in [-0.1, -0.05) is 23.2 Å². The number of benzene rings is 1. The van der Waals surface area contributed by atoms with Crippen molar-refractivity contribution in [1.29, 1.82) is 0 Å². The standard InChI is InChI=1S/C12H11Cl2N3O2/c1-2-19-12(18)10-6-16-17(11(10)15)9-4-7(13)3-8(14)5-9/h3-6H,2,15H2,1H3. The van der Waals surface area contributed by atoms with E-state index in [1.165, 1.54) is 10.9 Å². The maximum absolute atomic E-state index is 11.6. The summed E-state index contributed by atoms with van der Waals surface area (Å²) in [5.74, 6) is -0.337. The van der Waals surface area contributed by atoms with Crippen molar-refractivity contribution in [3.63, 3.8) is 0 Å². The molecular weight excluding hydrogens is 289 g/mol. The lowest BCUT2D eigenvalue weighted by molar-refractivity contribution is 0.0527. The number of carbonyl (C=O) groups is 1. The zero-order valence-corrected chi connectivity index (χ0v) is 11.6. The minimum Gasteiger partial charge on any atom is -0.462 e. The average Bonchev–Trinajstić information content (AvgIpc) is 2.70. The van der Waals surface area contributed by atoms with Gasteiger partial charge in [0.1, 0.15) is 11.4 Å². The summed E-state index contributed by atoms with van der Waals surface area (Å²) < 4.78 is 6.26. The van der Waals surface area contributed by atoms with Gasteiger partial charge in [-0.2, -0.15) is 5.10 Å². The Hall–Kier alpha value is -1.72. The van der Waals surface area contributed by atoms with Crippen LogP contribution in [0.25, 0.3) is 5.69 Å². The van der Waals surface area contributed by atoms with Crippen LogP contribution in [0.3, 0.4) is 0 Å². The van der Waals surface area contributed by atoms with Crippen LogP contribution in [-0.2, 0) is 4.74 Å². The van der Waals surface area contributed by atoms with E-state index < -0.39 is 5.97 Å². The zero-order valence-electron chi connectivity index (χ0n) is 10.1. The summed E-state index contributed by atoms with van der Waals surface area (Å²) in [6.07, 6.45) is 1.35. The fourth-order valence-electron chi connectivity index (χ4n) is 1.59. The Morgan fingerprint density at radius 1 is 1.37 bits per heavy atom. The van der Waals surface area contributed by atoms with Crippen LogP contribution in [0, 0.1) is 0 Å². The van der Waals surface area contributed by atoms with Gasteiger partial charge in [0, 0.05) is 10.0 Å². The second-order valence-electron chi connectivity index (χ2n) is 3.70. The fraction of sp³-hybridized carbons (Fsp3) is 0.167. The van der Waals surface area contributed by atoms with Gasteiger partial charge in [0.05, 0.1) is 18.5 Å². The van der Waals surface area contributed by atoms with Crippen LogP contribution in [0.15, 0.2) is 24.4 Å². The van der Waals surface area contributed by atoms with Crippen molar-refractivity contribution in [2.45, 2.75) is 6.92 Å². The molecular formula is C12H11Cl2N3O2. The van der Waals surface area contributed by atoms with Gasteiger partial charge in [-0.3, -0.25) is 0 Å². The Balaban J connectivity index is 2.44. The molecule has 2 N–H and O–H groups in total. The quantitative estimate of drug-likeness (QED) is 0.885. The smallest absolute Gasteiger partial charge is 0.343 e. The molecule has 0 unspecified atom stereocenters. The highest BCUT2D eigenvalue weighted by atomic mass is 35.5. The van der Waals surface area contributed by atoms with E-state index in [9.17, 15) is 4.79 Å². The van der Waals surface area contributed by atoms with Crippen molar-refractivity contribution in [1.82, 2.24) is 9.78 Å². The molecule has 0 aliphatic rings. The second kappa shape index (κ2) is 5.50. The third kappa shape index (κ3) is 2.83. The lowest BCUT2D eigenvalue weighted by atomic mass is 10.3. The molecule has 5 nitrogen and oxygen atoms in total. The largest absolute Gasteiger partial charge is 0.462 e. The number of ether oxygens (including phenoxy) is 1. The number of esters is 1. The Bertz CT molecular complexity index is 605. The predicted octanol–water partition coefficient (Wildman–Crippen LogP) is 2.94. The minimum atomic E-state index is -0.514. The molecule has 0 amide bonds. The van der Waals surface area contributed by atoms with Crippen molar-refractivity contribution in [3.8, 4) is 5.69 Å². The number of nitrogens with two attached hydrogens (primary N) is 1. The van der Waals surface area contributed by atoms with E-state index in [2.05, 4.69) is 5.10 Å². The Labute approximate surface area is 119 Å². The number of rotatable bonds is 3. The summed E-state index contributed by atoms with van der Waals surface area (Å²) in [6.45, 7) is 1.99. The maximum atomic E-state index is 11.6. The normalized spacial score (nSPS) is 10.5. The average molecular weight is 300 g/mol. The lowest BCUT2D eigenvalue weighted by Gasteiger charge is -2.06. The molecule has 19 heavy (non-hydrogen) atoms.